The van der Waals surface area contributed by atoms with Crippen LogP contribution in [0.2, 0.25) is 0 Å². The molecule has 0 aliphatic carbocycles. The van der Waals surface area contributed by atoms with Crippen LogP contribution in [0.5, 0.6) is 0 Å². The van der Waals surface area contributed by atoms with Crippen LogP contribution in [0.15, 0.2) is 170 Å². The van der Waals surface area contributed by atoms with Gasteiger partial charge in [0.05, 0.1) is 6.61 Å². The summed E-state index contributed by atoms with van der Waals surface area (Å²) < 4.78 is 10.7. The lowest BCUT2D eigenvalue weighted by atomic mass is 10.0. The summed E-state index contributed by atoms with van der Waals surface area (Å²) in [7, 11) is 0. The normalized spacial score (nSPS) is 13.4. The molecule has 0 radical (unpaired) electrons. The highest BCUT2D eigenvalue weighted by Gasteiger charge is 2.16. The van der Waals surface area contributed by atoms with E-state index in [-0.39, 0.29) is 25.2 Å². The molecule has 1 unspecified atom stereocenters. The van der Waals surface area contributed by atoms with Crippen LogP contribution in [0.1, 0.15) is 271 Å². The lowest BCUT2D eigenvalue weighted by molar-refractivity contribution is -0.161. The minimum atomic E-state index is -0.789. The van der Waals surface area contributed by atoms with Crippen LogP contribution < -0.4 is 0 Å². The van der Waals surface area contributed by atoms with E-state index >= 15 is 0 Å². The van der Waals surface area contributed by atoms with E-state index < -0.39 is 6.10 Å². The Labute approximate surface area is 493 Å². The van der Waals surface area contributed by atoms with Crippen LogP contribution in [0, 0.1) is 0 Å². The Bertz CT molecular complexity index is 1770. The number of allylic oxidation sites excluding steroid dienone is 28. The Kier molecular flexibility index (Phi) is 64.5. The SMILES string of the molecule is CC/C=C\C/C=C\C/C=C\C/C=C\C/C=C\C/C=C\C/C=C\CCCCCCCCCCCCCCCC(=O)OC(CO)COC(=O)CCCCCCCCCCC/C=C\C/C=C\C/C=C\C/C=C\C/C=C\C/C=C\C/C=C\CC. The molecule has 1 atom stereocenters. The summed E-state index contributed by atoms with van der Waals surface area (Å²) in [5.74, 6) is -0.605. The molecule has 0 aliphatic heterocycles. The first-order valence-electron chi connectivity index (χ1n) is 32.7. The van der Waals surface area contributed by atoms with Crippen LogP contribution >= 0.6 is 0 Å². The molecule has 0 fully saturated rings. The van der Waals surface area contributed by atoms with Gasteiger partial charge in [-0.25, -0.2) is 0 Å². The van der Waals surface area contributed by atoms with E-state index in [2.05, 4.69) is 184 Å². The number of unbranched alkanes of at least 4 members (excludes halogenated alkanes) is 22. The van der Waals surface area contributed by atoms with Gasteiger partial charge in [0, 0.05) is 12.8 Å². The van der Waals surface area contributed by atoms with Gasteiger partial charge < -0.3 is 14.6 Å². The molecule has 0 saturated heterocycles. The predicted octanol–water partition coefficient (Wildman–Crippen LogP) is 22.9. The van der Waals surface area contributed by atoms with Gasteiger partial charge in [0.2, 0.25) is 0 Å². The van der Waals surface area contributed by atoms with Crippen molar-refractivity contribution in [3.63, 3.8) is 0 Å². The first-order valence-corrected chi connectivity index (χ1v) is 32.7. The first-order chi connectivity index (χ1) is 39.6. The third-order valence-electron chi connectivity index (χ3n) is 13.5. The number of hydrogen-bond donors (Lipinski definition) is 1. The number of aliphatic hydroxyl groups excluding tert-OH is 1. The van der Waals surface area contributed by atoms with Crippen molar-refractivity contribution in [2.45, 2.75) is 277 Å². The van der Waals surface area contributed by atoms with Gasteiger partial charge in [0.15, 0.2) is 6.10 Å². The second-order valence-electron chi connectivity index (χ2n) is 21.1. The zero-order valence-corrected chi connectivity index (χ0v) is 51.5. The molecular formula is C75H120O5. The van der Waals surface area contributed by atoms with Gasteiger partial charge in [-0.15, -0.1) is 0 Å². The van der Waals surface area contributed by atoms with Crippen LogP contribution in [0.4, 0.5) is 0 Å². The molecule has 0 heterocycles. The van der Waals surface area contributed by atoms with Crippen LogP contribution in [-0.2, 0) is 19.1 Å². The van der Waals surface area contributed by atoms with Crippen molar-refractivity contribution in [2.75, 3.05) is 13.2 Å². The van der Waals surface area contributed by atoms with Crippen LogP contribution in [0.25, 0.3) is 0 Å². The van der Waals surface area contributed by atoms with Crippen molar-refractivity contribution < 1.29 is 24.2 Å². The molecule has 450 valence electrons. The number of hydrogen-bond acceptors (Lipinski definition) is 5. The minimum Gasteiger partial charge on any atom is -0.462 e. The smallest absolute Gasteiger partial charge is 0.306 e. The molecule has 0 saturated carbocycles. The summed E-state index contributed by atoms with van der Waals surface area (Å²) in [6.45, 7) is 3.91. The third-order valence-corrected chi connectivity index (χ3v) is 13.5. The second-order valence-corrected chi connectivity index (χ2v) is 21.1. The Balaban J connectivity index is 3.56. The summed E-state index contributed by atoms with van der Waals surface area (Å²) in [6.07, 6.45) is 106. The monoisotopic (exact) mass is 1100 g/mol. The summed E-state index contributed by atoms with van der Waals surface area (Å²) in [4.78, 5) is 24.6. The van der Waals surface area contributed by atoms with Gasteiger partial charge in [-0.1, -0.05) is 300 Å². The Morgan fingerprint density at radius 1 is 0.287 bits per heavy atom. The molecule has 80 heavy (non-hydrogen) atoms. The fraction of sp³-hybridized carbons (Fsp3) is 0.600. The van der Waals surface area contributed by atoms with Gasteiger partial charge >= 0.3 is 11.9 Å². The Hall–Kier alpha value is -4.74. The molecule has 0 amide bonds. The lowest BCUT2D eigenvalue weighted by Crippen LogP contribution is -2.28. The number of carbonyl (C=O) groups excluding carboxylic acids is 2. The number of esters is 2. The zero-order valence-electron chi connectivity index (χ0n) is 51.5. The average Bonchev–Trinajstić information content (AvgIpc) is 3.46. The summed E-state index contributed by atoms with van der Waals surface area (Å²) >= 11 is 0. The molecule has 0 aliphatic rings. The van der Waals surface area contributed by atoms with Gasteiger partial charge in [0.1, 0.15) is 6.61 Å². The van der Waals surface area contributed by atoms with Crippen molar-refractivity contribution in [3.05, 3.63) is 170 Å². The predicted molar refractivity (Wildman–Crippen MR) is 352 cm³/mol. The van der Waals surface area contributed by atoms with Gasteiger partial charge in [0.25, 0.3) is 0 Å². The molecule has 0 aromatic carbocycles. The number of ether oxygens (including phenoxy) is 2. The summed E-state index contributed by atoms with van der Waals surface area (Å²) in [6, 6.07) is 0. The highest BCUT2D eigenvalue weighted by Crippen LogP contribution is 2.16. The van der Waals surface area contributed by atoms with Crippen molar-refractivity contribution in [3.8, 4) is 0 Å². The molecular weight excluding hydrogens is 981 g/mol. The number of aliphatic hydroxyl groups is 1. The van der Waals surface area contributed by atoms with Crippen LogP contribution in [-0.4, -0.2) is 36.4 Å². The Morgan fingerprint density at radius 2 is 0.500 bits per heavy atom. The molecule has 0 spiro atoms. The van der Waals surface area contributed by atoms with Crippen molar-refractivity contribution in [1.29, 1.82) is 0 Å². The topological polar surface area (TPSA) is 72.8 Å². The van der Waals surface area contributed by atoms with Gasteiger partial charge in [-0.2, -0.15) is 0 Å². The highest BCUT2D eigenvalue weighted by atomic mass is 16.6. The van der Waals surface area contributed by atoms with E-state index in [1.54, 1.807) is 0 Å². The van der Waals surface area contributed by atoms with Gasteiger partial charge in [-0.3, -0.25) is 9.59 Å². The number of carbonyl (C=O) groups is 2. The summed E-state index contributed by atoms with van der Waals surface area (Å²) in [5, 5.41) is 9.69. The maximum Gasteiger partial charge on any atom is 0.306 e. The van der Waals surface area contributed by atoms with E-state index in [4.69, 9.17) is 9.47 Å². The van der Waals surface area contributed by atoms with Gasteiger partial charge in [-0.05, 0) is 128 Å². The maximum atomic E-state index is 12.4. The lowest BCUT2D eigenvalue weighted by Gasteiger charge is -2.15. The van der Waals surface area contributed by atoms with Crippen LogP contribution in [0.3, 0.4) is 0 Å². The van der Waals surface area contributed by atoms with E-state index in [9.17, 15) is 14.7 Å². The second kappa shape index (κ2) is 68.5. The van der Waals surface area contributed by atoms with Crippen molar-refractivity contribution in [1.82, 2.24) is 0 Å². The third kappa shape index (κ3) is 65.8. The summed E-state index contributed by atoms with van der Waals surface area (Å²) in [5.41, 5.74) is 0. The zero-order chi connectivity index (χ0) is 57.6. The van der Waals surface area contributed by atoms with Crippen molar-refractivity contribution in [2.24, 2.45) is 0 Å². The van der Waals surface area contributed by atoms with E-state index in [1.165, 1.54) is 109 Å². The van der Waals surface area contributed by atoms with E-state index in [0.29, 0.717) is 12.8 Å². The fourth-order valence-electron chi connectivity index (χ4n) is 8.69. The first kappa shape index (κ1) is 75.3. The molecule has 1 N–H and O–H groups in total. The largest absolute Gasteiger partial charge is 0.462 e. The fourth-order valence-corrected chi connectivity index (χ4v) is 8.69. The molecule has 5 heteroatoms. The minimum absolute atomic E-state index is 0.0786. The van der Waals surface area contributed by atoms with E-state index in [0.717, 1.165) is 135 Å². The molecule has 0 aromatic rings. The molecule has 0 rings (SSSR count). The number of rotatable bonds is 58. The molecule has 5 nitrogen and oxygen atoms in total. The Morgan fingerprint density at radius 3 is 0.750 bits per heavy atom. The molecule has 0 bridgehead atoms. The van der Waals surface area contributed by atoms with Crippen molar-refractivity contribution >= 4 is 11.9 Å². The highest BCUT2D eigenvalue weighted by molar-refractivity contribution is 5.70. The average molecular weight is 1100 g/mol. The standard InChI is InChI=1S/C75H120O5/c1-3-5-7-9-11-13-15-17-19-21-23-25-27-29-31-33-35-36-37-38-40-42-44-46-48-50-52-54-56-58-60-62-64-66-68-70-75(78)80-73(71-76)72-79-74(77)69-67-65-63-61-59-57-55-53-51-49-47-45-43-41-39-34-32-30-28-26-24-22-20-18-16-14-12-10-8-6-4-2/h5-8,11-14,17-20,23-26,29-32,35-36,38-41,45,47,73,76H,3-4,9-10,15-16,21-22,27-28,33-34,37,42-44,46,48-72H2,1-2H3/b7-5-,8-6-,13-11-,14-12-,19-17-,20-18-,25-23-,26-24-,31-29-,32-30-,36-35-,40-38-,41-39-,47-45-. The van der Waals surface area contributed by atoms with E-state index in [1.807, 2.05) is 0 Å². The molecule has 0 aromatic heterocycles. The maximum absolute atomic E-state index is 12.4. The quantitative estimate of drug-likeness (QED) is 0.0373.